The third-order valence-electron chi connectivity index (χ3n) is 5.24. The number of carbonyl (C=O) groups excluding carboxylic acids is 1. The van der Waals surface area contributed by atoms with Crippen LogP contribution in [-0.2, 0) is 6.54 Å². The normalized spacial score (nSPS) is 16.9. The van der Waals surface area contributed by atoms with Gasteiger partial charge in [-0.25, -0.2) is 4.79 Å². The van der Waals surface area contributed by atoms with E-state index in [2.05, 4.69) is 21.5 Å². The number of benzene rings is 2. The van der Waals surface area contributed by atoms with E-state index >= 15 is 0 Å². The first kappa shape index (κ1) is 18.3. The maximum Gasteiger partial charge on any atom is 0.317 e. The Hall–Kier alpha value is -3.09. The van der Waals surface area contributed by atoms with Crippen molar-refractivity contribution in [2.45, 2.75) is 32.2 Å². The summed E-state index contributed by atoms with van der Waals surface area (Å²) in [5.74, 6) is 2.11. The van der Waals surface area contributed by atoms with Crippen LogP contribution in [0.4, 0.5) is 4.79 Å². The molecule has 0 radical (unpaired) electrons. The molecule has 1 aliphatic rings. The van der Waals surface area contributed by atoms with Crippen LogP contribution >= 0.6 is 0 Å². The van der Waals surface area contributed by atoms with Gasteiger partial charge < -0.3 is 19.5 Å². The van der Waals surface area contributed by atoms with Crippen molar-refractivity contribution in [1.29, 1.82) is 0 Å². The molecule has 1 N–H and O–H groups in total. The number of carbonyl (C=O) groups is 1. The number of ether oxygens (including phenoxy) is 1. The van der Waals surface area contributed by atoms with E-state index in [4.69, 9.17) is 9.26 Å². The average Bonchev–Trinajstić information content (AvgIpc) is 3.18. The third-order valence-corrected chi connectivity index (χ3v) is 5.24. The van der Waals surface area contributed by atoms with E-state index in [0.717, 1.165) is 41.5 Å². The summed E-state index contributed by atoms with van der Waals surface area (Å²) in [7, 11) is 1.65. The fraction of sp³-hybridized carbons (Fsp3) is 0.381. The highest BCUT2D eigenvalue weighted by Gasteiger charge is 2.28. The molecule has 3 aromatic rings. The second-order valence-corrected chi connectivity index (χ2v) is 7.09. The first-order valence-electron chi connectivity index (χ1n) is 9.53. The Kier molecular flexibility index (Phi) is 5.14. The molecule has 1 aliphatic heterocycles. The lowest BCUT2D eigenvalue weighted by Gasteiger charge is -2.31. The quantitative estimate of drug-likeness (QED) is 0.748. The predicted octanol–water partition coefficient (Wildman–Crippen LogP) is 3.63. The fourth-order valence-corrected chi connectivity index (χ4v) is 3.81. The van der Waals surface area contributed by atoms with Crippen molar-refractivity contribution in [3.63, 3.8) is 0 Å². The highest BCUT2D eigenvalue weighted by Crippen LogP contribution is 2.28. The van der Waals surface area contributed by atoms with Gasteiger partial charge in [0.25, 0.3) is 0 Å². The van der Waals surface area contributed by atoms with Gasteiger partial charge >= 0.3 is 6.03 Å². The van der Waals surface area contributed by atoms with E-state index in [9.17, 15) is 4.79 Å². The van der Waals surface area contributed by atoms with Gasteiger partial charge in [-0.2, -0.15) is 4.98 Å². The summed E-state index contributed by atoms with van der Waals surface area (Å²) >= 11 is 0. The SMILES string of the molecule is COc1ccc2ccccc2c1CNC(=O)N1CCC[C@@H](c2nc(C)no2)C1. The van der Waals surface area contributed by atoms with Crippen LogP contribution in [-0.4, -0.2) is 41.3 Å². The molecule has 1 aromatic heterocycles. The number of hydrogen-bond acceptors (Lipinski definition) is 5. The Balaban J connectivity index is 1.46. The van der Waals surface area contributed by atoms with Crippen LogP contribution in [0.2, 0.25) is 0 Å². The summed E-state index contributed by atoms with van der Waals surface area (Å²) in [6.45, 7) is 3.52. The summed E-state index contributed by atoms with van der Waals surface area (Å²) in [6, 6.07) is 12.0. The number of amides is 2. The van der Waals surface area contributed by atoms with Gasteiger partial charge in [-0.1, -0.05) is 35.5 Å². The summed E-state index contributed by atoms with van der Waals surface area (Å²) < 4.78 is 10.8. The minimum Gasteiger partial charge on any atom is -0.496 e. The molecule has 0 unspecified atom stereocenters. The van der Waals surface area contributed by atoms with Crippen molar-refractivity contribution in [3.8, 4) is 5.75 Å². The number of aromatic nitrogens is 2. The minimum absolute atomic E-state index is 0.0871. The number of hydrogen-bond donors (Lipinski definition) is 1. The minimum atomic E-state index is -0.0871. The zero-order valence-corrected chi connectivity index (χ0v) is 16.1. The molecule has 0 bridgehead atoms. The maximum absolute atomic E-state index is 12.8. The van der Waals surface area contributed by atoms with E-state index in [1.54, 1.807) is 14.0 Å². The number of piperidine rings is 1. The summed E-state index contributed by atoms with van der Waals surface area (Å²) in [5, 5.41) is 9.13. The zero-order valence-electron chi connectivity index (χ0n) is 16.1. The molecule has 2 aromatic carbocycles. The molecule has 2 heterocycles. The molecule has 1 atom stereocenters. The van der Waals surface area contributed by atoms with Crippen molar-refractivity contribution >= 4 is 16.8 Å². The molecule has 2 amide bonds. The summed E-state index contributed by atoms with van der Waals surface area (Å²) in [4.78, 5) is 18.9. The average molecular weight is 380 g/mol. The monoisotopic (exact) mass is 380 g/mol. The summed E-state index contributed by atoms with van der Waals surface area (Å²) in [5.41, 5.74) is 0.982. The summed E-state index contributed by atoms with van der Waals surface area (Å²) in [6.07, 6.45) is 1.86. The molecule has 0 aliphatic carbocycles. The van der Waals surface area contributed by atoms with Crippen LogP contribution in [0.3, 0.4) is 0 Å². The Morgan fingerprint density at radius 2 is 2.18 bits per heavy atom. The van der Waals surface area contributed by atoms with Crippen LogP contribution in [0.15, 0.2) is 40.9 Å². The van der Waals surface area contributed by atoms with Crippen LogP contribution in [0.25, 0.3) is 10.8 Å². The van der Waals surface area contributed by atoms with E-state index < -0.39 is 0 Å². The Labute approximate surface area is 163 Å². The second kappa shape index (κ2) is 7.88. The first-order valence-corrected chi connectivity index (χ1v) is 9.53. The zero-order chi connectivity index (χ0) is 19.5. The van der Waals surface area contributed by atoms with Crippen LogP contribution in [0.1, 0.15) is 36.0 Å². The molecular formula is C21H24N4O3. The molecule has 1 fully saturated rings. The van der Waals surface area contributed by atoms with E-state index in [1.807, 2.05) is 35.2 Å². The van der Waals surface area contributed by atoms with Gasteiger partial charge in [-0.3, -0.25) is 0 Å². The smallest absolute Gasteiger partial charge is 0.317 e. The first-order chi connectivity index (χ1) is 13.7. The molecule has 0 saturated carbocycles. The van der Waals surface area contributed by atoms with E-state index in [1.165, 1.54) is 0 Å². The Morgan fingerprint density at radius 3 is 2.96 bits per heavy atom. The lowest BCUT2D eigenvalue weighted by Crippen LogP contribution is -2.44. The highest BCUT2D eigenvalue weighted by molar-refractivity contribution is 5.88. The van der Waals surface area contributed by atoms with Crippen LogP contribution < -0.4 is 10.1 Å². The topological polar surface area (TPSA) is 80.5 Å². The molecule has 1 saturated heterocycles. The van der Waals surface area contributed by atoms with Gasteiger partial charge in [-0.15, -0.1) is 0 Å². The fourth-order valence-electron chi connectivity index (χ4n) is 3.81. The number of rotatable bonds is 4. The number of methoxy groups -OCH3 is 1. The van der Waals surface area contributed by atoms with Gasteiger partial charge in [0.2, 0.25) is 5.89 Å². The molecule has 7 heteroatoms. The number of aryl methyl sites for hydroxylation is 1. The standard InChI is InChI=1S/C21H24N4O3/c1-14-23-20(28-24-14)16-7-5-11-25(13-16)21(26)22-12-18-17-8-4-3-6-15(17)9-10-19(18)27-2/h3-4,6,8-10,16H,5,7,11-13H2,1-2H3,(H,22,26)/t16-/m1/s1. The van der Waals surface area contributed by atoms with Crippen molar-refractivity contribution in [3.05, 3.63) is 53.7 Å². The Bertz CT molecular complexity index is 985. The number of nitrogens with one attached hydrogen (secondary N) is 1. The molecule has 4 rings (SSSR count). The van der Waals surface area contributed by atoms with Crippen LogP contribution in [0, 0.1) is 6.92 Å². The molecule has 0 spiro atoms. The van der Waals surface area contributed by atoms with Gasteiger partial charge in [0.15, 0.2) is 5.82 Å². The molecular weight excluding hydrogens is 356 g/mol. The number of nitrogens with zero attached hydrogens (tertiary/aromatic N) is 3. The van der Waals surface area contributed by atoms with Gasteiger partial charge in [0, 0.05) is 25.2 Å². The Morgan fingerprint density at radius 1 is 1.32 bits per heavy atom. The lowest BCUT2D eigenvalue weighted by atomic mass is 9.98. The largest absolute Gasteiger partial charge is 0.496 e. The van der Waals surface area contributed by atoms with Crippen molar-refractivity contribution in [2.24, 2.45) is 0 Å². The van der Waals surface area contributed by atoms with Crippen molar-refractivity contribution < 1.29 is 14.1 Å². The van der Waals surface area contributed by atoms with Gasteiger partial charge in [0.1, 0.15) is 5.75 Å². The van der Waals surface area contributed by atoms with E-state index in [-0.39, 0.29) is 11.9 Å². The second-order valence-electron chi connectivity index (χ2n) is 7.09. The number of fused-ring (bicyclic) bond motifs is 1. The molecule has 28 heavy (non-hydrogen) atoms. The van der Waals surface area contributed by atoms with Gasteiger partial charge in [0.05, 0.1) is 13.0 Å². The predicted molar refractivity (Wildman–Crippen MR) is 105 cm³/mol. The van der Waals surface area contributed by atoms with Crippen molar-refractivity contribution in [1.82, 2.24) is 20.4 Å². The third kappa shape index (κ3) is 3.65. The van der Waals surface area contributed by atoms with Gasteiger partial charge in [-0.05, 0) is 36.6 Å². The van der Waals surface area contributed by atoms with Crippen LogP contribution in [0.5, 0.6) is 5.75 Å². The van der Waals surface area contributed by atoms with Crippen molar-refractivity contribution in [2.75, 3.05) is 20.2 Å². The molecule has 7 nitrogen and oxygen atoms in total. The lowest BCUT2D eigenvalue weighted by molar-refractivity contribution is 0.171. The maximum atomic E-state index is 12.8. The number of likely N-dealkylation sites (tertiary alicyclic amines) is 1. The number of urea groups is 1. The molecule has 146 valence electrons. The van der Waals surface area contributed by atoms with E-state index in [0.29, 0.717) is 24.8 Å². The highest BCUT2D eigenvalue weighted by atomic mass is 16.5.